The van der Waals surface area contributed by atoms with Crippen molar-refractivity contribution in [2.75, 3.05) is 0 Å². The Labute approximate surface area is 128 Å². The fraction of sp³-hybridized carbons (Fsp3) is 0.312. The van der Waals surface area contributed by atoms with Gasteiger partial charge in [0.1, 0.15) is 6.04 Å². The summed E-state index contributed by atoms with van der Waals surface area (Å²) in [7, 11) is 1.82. The largest absolute Gasteiger partial charge is 0.480 e. The second kappa shape index (κ2) is 6.89. The Kier molecular flexibility index (Phi) is 4.93. The van der Waals surface area contributed by atoms with Gasteiger partial charge in [-0.2, -0.15) is 5.10 Å². The lowest BCUT2D eigenvalue weighted by molar-refractivity contribution is -0.141. The summed E-state index contributed by atoms with van der Waals surface area (Å²) < 4.78 is 1.71. The van der Waals surface area contributed by atoms with Crippen molar-refractivity contribution in [3.8, 4) is 0 Å². The number of fused-ring (bicyclic) bond motifs is 1. The molecule has 6 heteroatoms. The summed E-state index contributed by atoms with van der Waals surface area (Å²) in [5.41, 5.74) is 1.58. The number of hydrogen-bond acceptors (Lipinski definition) is 3. The maximum atomic E-state index is 12.1. The molecular formula is C16H19N3O3. The highest BCUT2D eigenvalue weighted by molar-refractivity contribution is 5.89. The van der Waals surface area contributed by atoms with E-state index >= 15 is 0 Å². The van der Waals surface area contributed by atoms with Crippen molar-refractivity contribution in [3.05, 3.63) is 42.1 Å². The Morgan fingerprint density at radius 3 is 2.82 bits per heavy atom. The molecule has 2 aromatic rings. The van der Waals surface area contributed by atoms with Crippen LogP contribution in [0.2, 0.25) is 0 Å². The molecule has 0 spiro atoms. The number of hydrogen-bond donors (Lipinski definition) is 2. The SMILES string of the molecule is C/C=C/CC(NC(=O)Cc1nn(C)c2ccccc12)C(=O)O. The van der Waals surface area contributed by atoms with Gasteiger partial charge in [0.15, 0.2) is 0 Å². The number of carbonyl (C=O) groups is 2. The molecule has 0 bridgehead atoms. The number of aromatic nitrogens is 2. The number of nitrogens with one attached hydrogen (secondary N) is 1. The molecule has 116 valence electrons. The van der Waals surface area contributed by atoms with Gasteiger partial charge < -0.3 is 10.4 Å². The summed E-state index contributed by atoms with van der Waals surface area (Å²) in [5, 5.41) is 16.9. The lowest BCUT2D eigenvalue weighted by Crippen LogP contribution is -2.41. The first-order chi connectivity index (χ1) is 10.5. The normalized spacial score (nSPS) is 12.6. The third-order valence-corrected chi connectivity index (χ3v) is 3.40. The van der Waals surface area contributed by atoms with Crippen molar-refractivity contribution >= 4 is 22.8 Å². The first-order valence-corrected chi connectivity index (χ1v) is 7.07. The smallest absolute Gasteiger partial charge is 0.326 e. The highest BCUT2D eigenvalue weighted by atomic mass is 16.4. The Hall–Kier alpha value is -2.63. The van der Waals surface area contributed by atoms with E-state index in [9.17, 15) is 9.59 Å². The van der Waals surface area contributed by atoms with Crippen molar-refractivity contribution < 1.29 is 14.7 Å². The number of rotatable bonds is 6. The van der Waals surface area contributed by atoms with E-state index < -0.39 is 12.0 Å². The molecule has 1 atom stereocenters. The number of aryl methyl sites for hydroxylation is 1. The highest BCUT2D eigenvalue weighted by Crippen LogP contribution is 2.17. The highest BCUT2D eigenvalue weighted by Gasteiger charge is 2.20. The first kappa shape index (κ1) is 15.8. The van der Waals surface area contributed by atoms with Crippen LogP contribution in [0, 0.1) is 0 Å². The fourth-order valence-electron chi connectivity index (χ4n) is 2.31. The number of carboxylic acid groups (broad SMARTS) is 1. The van der Waals surface area contributed by atoms with Crippen LogP contribution >= 0.6 is 0 Å². The summed E-state index contributed by atoms with van der Waals surface area (Å²) in [6.45, 7) is 1.81. The molecule has 0 radical (unpaired) electrons. The van der Waals surface area contributed by atoms with Gasteiger partial charge in [-0.3, -0.25) is 9.48 Å². The van der Waals surface area contributed by atoms with Gasteiger partial charge >= 0.3 is 5.97 Å². The van der Waals surface area contributed by atoms with E-state index in [4.69, 9.17) is 5.11 Å². The average molecular weight is 301 g/mol. The molecule has 1 heterocycles. The number of benzene rings is 1. The van der Waals surface area contributed by atoms with E-state index in [0.29, 0.717) is 5.69 Å². The average Bonchev–Trinajstić information content (AvgIpc) is 2.80. The predicted octanol–water partition coefficient (Wildman–Crippen LogP) is 1.65. The maximum Gasteiger partial charge on any atom is 0.326 e. The number of carboxylic acids is 1. The van der Waals surface area contributed by atoms with Gasteiger partial charge in [0.2, 0.25) is 5.91 Å². The van der Waals surface area contributed by atoms with Crippen LogP contribution in [0.1, 0.15) is 19.0 Å². The summed E-state index contributed by atoms with van der Waals surface area (Å²) in [6.07, 6.45) is 3.80. The molecule has 1 aromatic carbocycles. The van der Waals surface area contributed by atoms with E-state index in [-0.39, 0.29) is 18.7 Å². The van der Waals surface area contributed by atoms with Gasteiger partial charge in [0.05, 0.1) is 17.6 Å². The van der Waals surface area contributed by atoms with Crippen LogP contribution in [0.4, 0.5) is 0 Å². The number of carbonyl (C=O) groups excluding carboxylic acids is 1. The van der Waals surface area contributed by atoms with Crippen LogP contribution in [-0.2, 0) is 23.1 Å². The zero-order valence-corrected chi connectivity index (χ0v) is 12.6. The number of allylic oxidation sites excluding steroid dienone is 1. The van der Waals surface area contributed by atoms with Crippen LogP contribution in [0.15, 0.2) is 36.4 Å². The van der Waals surface area contributed by atoms with E-state index in [1.165, 1.54) is 0 Å². The van der Waals surface area contributed by atoms with Crippen LogP contribution in [-0.4, -0.2) is 32.8 Å². The van der Waals surface area contributed by atoms with Crippen LogP contribution in [0.25, 0.3) is 10.9 Å². The van der Waals surface area contributed by atoms with E-state index in [1.54, 1.807) is 23.8 Å². The van der Waals surface area contributed by atoms with Crippen LogP contribution < -0.4 is 5.32 Å². The third kappa shape index (κ3) is 3.52. The van der Waals surface area contributed by atoms with E-state index in [1.807, 2.05) is 31.3 Å². The van der Waals surface area contributed by atoms with E-state index in [0.717, 1.165) is 10.9 Å². The topological polar surface area (TPSA) is 84.2 Å². The minimum atomic E-state index is -1.04. The van der Waals surface area contributed by atoms with Crippen LogP contribution in [0.5, 0.6) is 0 Å². The predicted molar refractivity (Wildman–Crippen MR) is 83.4 cm³/mol. The molecule has 0 aliphatic carbocycles. The summed E-state index contributed by atoms with van der Waals surface area (Å²) >= 11 is 0. The lowest BCUT2D eigenvalue weighted by atomic mass is 10.1. The minimum Gasteiger partial charge on any atom is -0.480 e. The molecule has 0 fully saturated rings. The van der Waals surface area contributed by atoms with Crippen molar-refractivity contribution in [3.63, 3.8) is 0 Å². The Balaban J connectivity index is 2.11. The van der Waals surface area contributed by atoms with Gasteiger partial charge in [-0.1, -0.05) is 30.4 Å². The molecule has 1 amide bonds. The van der Waals surface area contributed by atoms with Gasteiger partial charge in [0, 0.05) is 12.4 Å². The fourth-order valence-corrected chi connectivity index (χ4v) is 2.31. The number of amides is 1. The summed E-state index contributed by atoms with van der Waals surface area (Å²) in [5.74, 6) is -1.39. The molecule has 6 nitrogen and oxygen atoms in total. The van der Waals surface area contributed by atoms with Crippen molar-refractivity contribution in [2.45, 2.75) is 25.8 Å². The second-order valence-corrected chi connectivity index (χ2v) is 5.03. The van der Waals surface area contributed by atoms with Gasteiger partial charge in [-0.25, -0.2) is 4.79 Å². The molecule has 0 saturated heterocycles. The molecule has 1 aromatic heterocycles. The molecule has 2 rings (SSSR count). The number of aliphatic carboxylic acids is 1. The monoisotopic (exact) mass is 301 g/mol. The van der Waals surface area contributed by atoms with Gasteiger partial charge in [-0.15, -0.1) is 0 Å². The zero-order valence-electron chi connectivity index (χ0n) is 12.6. The zero-order chi connectivity index (χ0) is 16.1. The van der Waals surface area contributed by atoms with Gasteiger partial charge in [0.25, 0.3) is 0 Å². The lowest BCUT2D eigenvalue weighted by Gasteiger charge is -2.12. The molecule has 0 aliphatic heterocycles. The Morgan fingerprint density at radius 2 is 2.14 bits per heavy atom. The van der Waals surface area contributed by atoms with E-state index in [2.05, 4.69) is 10.4 Å². The Morgan fingerprint density at radius 1 is 1.41 bits per heavy atom. The first-order valence-electron chi connectivity index (χ1n) is 7.07. The van der Waals surface area contributed by atoms with Gasteiger partial charge in [-0.05, 0) is 19.4 Å². The number of nitrogens with zero attached hydrogens (tertiary/aromatic N) is 2. The molecule has 0 saturated carbocycles. The summed E-state index contributed by atoms with van der Waals surface area (Å²) in [6, 6.07) is 6.71. The van der Waals surface area contributed by atoms with Crippen molar-refractivity contribution in [1.29, 1.82) is 0 Å². The molecule has 22 heavy (non-hydrogen) atoms. The molecular weight excluding hydrogens is 282 g/mol. The second-order valence-electron chi connectivity index (χ2n) is 5.03. The molecule has 1 unspecified atom stereocenters. The molecule has 2 N–H and O–H groups in total. The van der Waals surface area contributed by atoms with Crippen LogP contribution in [0.3, 0.4) is 0 Å². The third-order valence-electron chi connectivity index (χ3n) is 3.40. The minimum absolute atomic E-state index is 0.0565. The Bertz CT molecular complexity index is 718. The quantitative estimate of drug-likeness (QED) is 0.795. The molecule has 0 aliphatic rings. The number of para-hydroxylation sites is 1. The summed E-state index contributed by atoms with van der Waals surface area (Å²) in [4.78, 5) is 23.2. The van der Waals surface area contributed by atoms with Crippen molar-refractivity contribution in [2.24, 2.45) is 7.05 Å². The maximum absolute atomic E-state index is 12.1. The van der Waals surface area contributed by atoms with Crippen molar-refractivity contribution in [1.82, 2.24) is 15.1 Å². The standard InChI is InChI=1S/C16H19N3O3/c1-3-4-8-12(16(21)22)17-15(20)10-13-11-7-5-6-9-14(11)19(2)18-13/h3-7,9,12H,8,10H2,1-2H3,(H,17,20)(H,21,22)/b4-3+.